The van der Waals surface area contributed by atoms with Crippen LogP contribution in [0, 0.1) is 13.8 Å². The number of aromatic nitrogens is 2. The summed E-state index contributed by atoms with van der Waals surface area (Å²) >= 11 is 0. The summed E-state index contributed by atoms with van der Waals surface area (Å²) in [5.74, 6) is 0.841. The molecule has 0 amide bonds. The molecule has 0 unspecified atom stereocenters. The fourth-order valence-corrected chi connectivity index (χ4v) is 1.71. The molecular formula is C12H22N4. The van der Waals surface area contributed by atoms with Gasteiger partial charge in [0.2, 0.25) is 5.95 Å². The van der Waals surface area contributed by atoms with Crippen molar-refractivity contribution in [1.82, 2.24) is 9.97 Å². The van der Waals surface area contributed by atoms with E-state index in [1.54, 1.807) is 0 Å². The Morgan fingerprint density at radius 2 is 1.81 bits per heavy atom. The molecule has 0 saturated heterocycles. The summed E-state index contributed by atoms with van der Waals surface area (Å²) in [4.78, 5) is 11.2. The minimum Gasteiger partial charge on any atom is -0.341 e. The molecule has 0 radical (unpaired) electrons. The van der Waals surface area contributed by atoms with Gasteiger partial charge in [-0.2, -0.15) is 0 Å². The van der Waals surface area contributed by atoms with E-state index in [0.717, 1.165) is 43.3 Å². The molecule has 0 aliphatic rings. The minimum absolute atomic E-state index is 0.713. The van der Waals surface area contributed by atoms with Crippen LogP contribution in [0.3, 0.4) is 0 Å². The van der Waals surface area contributed by atoms with E-state index in [0.29, 0.717) is 6.54 Å². The van der Waals surface area contributed by atoms with Crippen molar-refractivity contribution in [3.8, 4) is 0 Å². The molecule has 4 heteroatoms. The minimum atomic E-state index is 0.713. The van der Waals surface area contributed by atoms with Gasteiger partial charge >= 0.3 is 0 Å². The van der Waals surface area contributed by atoms with Crippen molar-refractivity contribution >= 4 is 5.95 Å². The predicted octanol–water partition coefficient (Wildman–Crippen LogP) is 1.66. The van der Waals surface area contributed by atoms with E-state index >= 15 is 0 Å². The maximum absolute atomic E-state index is 5.54. The Kier molecular flexibility index (Phi) is 5.19. The second-order valence-electron chi connectivity index (χ2n) is 4.08. The first-order chi connectivity index (χ1) is 7.67. The van der Waals surface area contributed by atoms with E-state index in [9.17, 15) is 0 Å². The van der Waals surface area contributed by atoms with E-state index in [2.05, 4.69) is 21.8 Å². The second-order valence-corrected chi connectivity index (χ2v) is 4.08. The lowest BCUT2D eigenvalue weighted by Gasteiger charge is -2.22. The summed E-state index contributed by atoms with van der Waals surface area (Å²) in [6.07, 6.45) is 2.08. The number of nitrogens with two attached hydrogens (primary N) is 1. The van der Waals surface area contributed by atoms with Gasteiger partial charge in [0.1, 0.15) is 0 Å². The zero-order valence-electron chi connectivity index (χ0n) is 10.5. The van der Waals surface area contributed by atoms with Crippen molar-refractivity contribution < 1.29 is 0 Å². The van der Waals surface area contributed by atoms with Crippen molar-refractivity contribution in [2.45, 2.75) is 33.6 Å². The molecule has 0 aliphatic heterocycles. The molecule has 0 saturated carbocycles. The Balaban J connectivity index is 2.82. The van der Waals surface area contributed by atoms with Crippen molar-refractivity contribution in [3.05, 3.63) is 17.5 Å². The van der Waals surface area contributed by atoms with Crippen LogP contribution in [0.5, 0.6) is 0 Å². The van der Waals surface area contributed by atoms with Gasteiger partial charge in [0.25, 0.3) is 0 Å². The van der Waals surface area contributed by atoms with Gasteiger partial charge in [-0.1, -0.05) is 6.92 Å². The smallest absolute Gasteiger partial charge is 0.225 e. The highest BCUT2D eigenvalue weighted by molar-refractivity contribution is 5.31. The van der Waals surface area contributed by atoms with E-state index < -0.39 is 0 Å². The molecular weight excluding hydrogens is 200 g/mol. The normalized spacial score (nSPS) is 10.5. The summed E-state index contributed by atoms with van der Waals surface area (Å²) in [5, 5.41) is 0. The van der Waals surface area contributed by atoms with Gasteiger partial charge in [0, 0.05) is 24.5 Å². The lowest BCUT2D eigenvalue weighted by atomic mass is 10.3. The van der Waals surface area contributed by atoms with E-state index in [1.807, 2.05) is 19.9 Å². The molecule has 1 heterocycles. The van der Waals surface area contributed by atoms with Crippen LogP contribution >= 0.6 is 0 Å². The molecule has 16 heavy (non-hydrogen) atoms. The van der Waals surface area contributed by atoms with Crippen LogP contribution in [0.15, 0.2) is 6.07 Å². The maximum atomic E-state index is 5.54. The van der Waals surface area contributed by atoms with E-state index in [4.69, 9.17) is 5.73 Å². The quantitative estimate of drug-likeness (QED) is 0.795. The first-order valence-electron chi connectivity index (χ1n) is 5.94. The summed E-state index contributed by atoms with van der Waals surface area (Å²) in [6, 6.07) is 2.00. The van der Waals surface area contributed by atoms with Gasteiger partial charge in [-0.15, -0.1) is 0 Å². The maximum Gasteiger partial charge on any atom is 0.225 e. The van der Waals surface area contributed by atoms with Gasteiger partial charge in [0.15, 0.2) is 0 Å². The summed E-state index contributed by atoms with van der Waals surface area (Å²) < 4.78 is 0. The summed E-state index contributed by atoms with van der Waals surface area (Å²) in [6.45, 7) is 8.82. The molecule has 0 aromatic carbocycles. The van der Waals surface area contributed by atoms with Gasteiger partial charge < -0.3 is 10.6 Å². The summed E-state index contributed by atoms with van der Waals surface area (Å²) in [7, 11) is 0. The van der Waals surface area contributed by atoms with Crippen LogP contribution in [-0.2, 0) is 0 Å². The largest absolute Gasteiger partial charge is 0.341 e. The Bertz CT molecular complexity index is 305. The van der Waals surface area contributed by atoms with Crippen molar-refractivity contribution in [2.24, 2.45) is 5.73 Å². The van der Waals surface area contributed by atoms with Crippen LogP contribution in [-0.4, -0.2) is 29.6 Å². The molecule has 0 atom stereocenters. The third-order valence-electron chi connectivity index (χ3n) is 2.38. The molecule has 2 N–H and O–H groups in total. The Morgan fingerprint density at radius 3 is 2.31 bits per heavy atom. The molecule has 1 aromatic heterocycles. The number of anilines is 1. The van der Waals surface area contributed by atoms with Crippen molar-refractivity contribution in [3.63, 3.8) is 0 Å². The Labute approximate surface area is 97.9 Å². The van der Waals surface area contributed by atoms with Gasteiger partial charge in [-0.3, -0.25) is 0 Å². The Hall–Kier alpha value is -1.16. The standard InChI is InChI=1S/C12H22N4/c1-4-7-16(8-5-6-13)12-14-10(2)9-11(3)15-12/h9H,4-8,13H2,1-3H3. The number of nitrogens with zero attached hydrogens (tertiary/aromatic N) is 3. The average molecular weight is 222 g/mol. The highest BCUT2D eigenvalue weighted by atomic mass is 15.2. The van der Waals surface area contributed by atoms with E-state index in [-0.39, 0.29) is 0 Å². The van der Waals surface area contributed by atoms with Gasteiger partial charge in [-0.25, -0.2) is 9.97 Å². The van der Waals surface area contributed by atoms with Crippen LogP contribution < -0.4 is 10.6 Å². The van der Waals surface area contributed by atoms with Gasteiger partial charge in [-0.05, 0) is 39.3 Å². The van der Waals surface area contributed by atoms with Crippen molar-refractivity contribution in [1.29, 1.82) is 0 Å². The van der Waals surface area contributed by atoms with Crippen LogP contribution in [0.25, 0.3) is 0 Å². The summed E-state index contributed by atoms with van der Waals surface area (Å²) in [5.41, 5.74) is 7.59. The number of hydrogen-bond acceptors (Lipinski definition) is 4. The lowest BCUT2D eigenvalue weighted by molar-refractivity contribution is 0.697. The molecule has 1 aromatic rings. The van der Waals surface area contributed by atoms with E-state index in [1.165, 1.54) is 0 Å². The monoisotopic (exact) mass is 222 g/mol. The lowest BCUT2D eigenvalue weighted by Crippen LogP contribution is -2.29. The molecule has 0 bridgehead atoms. The first-order valence-corrected chi connectivity index (χ1v) is 5.94. The SMILES string of the molecule is CCCN(CCCN)c1nc(C)cc(C)n1. The molecule has 90 valence electrons. The topological polar surface area (TPSA) is 55.0 Å². The zero-order valence-corrected chi connectivity index (χ0v) is 10.5. The number of hydrogen-bond donors (Lipinski definition) is 1. The van der Waals surface area contributed by atoms with Gasteiger partial charge in [0.05, 0.1) is 0 Å². The zero-order chi connectivity index (χ0) is 12.0. The molecule has 0 fully saturated rings. The van der Waals surface area contributed by atoms with Crippen molar-refractivity contribution in [2.75, 3.05) is 24.5 Å². The fraction of sp³-hybridized carbons (Fsp3) is 0.667. The average Bonchev–Trinajstić information content (AvgIpc) is 2.22. The third kappa shape index (κ3) is 3.77. The molecule has 0 aliphatic carbocycles. The van der Waals surface area contributed by atoms with Crippen LogP contribution in [0.1, 0.15) is 31.2 Å². The fourth-order valence-electron chi connectivity index (χ4n) is 1.71. The molecule has 1 rings (SSSR count). The highest BCUT2D eigenvalue weighted by Gasteiger charge is 2.08. The third-order valence-corrected chi connectivity index (χ3v) is 2.38. The molecule has 0 spiro atoms. The first kappa shape index (κ1) is 12.9. The predicted molar refractivity (Wildman–Crippen MR) is 67.7 cm³/mol. The highest BCUT2D eigenvalue weighted by Crippen LogP contribution is 2.10. The number of aryl methyl sites for hydroxylation is 2. The molecule has 4 nitrogen and oxygen atoms in total. The second kappa shape index (κ2) is 6.43. The number of rotatable bonds is 6. The van der Waals surface area contributed by atoms with Crippen LogP contribution in [0.2, 0.25) is 0 Å². The van der Waals surface area contributed by atoms with Crippen LogP contribution in [0.4, 0.5) is 5.95 Å². The Morgan fingerprint density at radius 1 is 1.19 bits per heavy atom.